The van der Waals surface area contributed by atoms with Crippen LogP contribution < -0.4 is 5.32 Å². The van der Waals surface area contributed by atoms with Crippen LogP contribution in [0.4, 0.5) is 0 Å². The summed E-state index contributed by atoms with van der Waals surface area (Å²) in [6, 6.07) is 9.85. The van der Waals surface area contributed by atoms with E-state index in [1.54, 1.807) is 6.20 Å². The molecule has 0 aliphatic carbocycles. The maximum absolute atomic E-state index is 5.41. The van der Waals surface area contributed by atoms with Gasteiger partial charge in [0, 0.05) is 11.8 Å². The fourth-order valence-electron chi connectivity index (χ4n) is 1.55. The van der Waals surface area contributed by atoms with Crippen molar-refractivity contribution in [2.75, 3.05) is 7.05 Å². The van der Waals surface area contributed by atoms with E-state index in [-0.39, 0.29) is 6.04 Å². The molecule has 0 saturated carbocycles. The third-order valence-electron chi connectivity index (χ3n) is 2.41. The molecule has 0 saturated heterocycles. The quantitative estimate of drug-likeness (QED) is 0.784. The van der Waals surface area contributed by atoms with Gasteiger partial charge in [0.2, 0.25) is 0 Å². The third-order valence-corrected chi connectivity index (χ3v) is 2.41. The van der Waals surface area contributed by atoms with Gasteiger partial charge >= 0.3 is 0 Å². The average molecular weight is 211 g/mol. The van der Waals surface area contributed by atoms with E-state index in [1.807, 2.05) is 48.3 Å². The van der Waals surface area contributed by atoms with Crippen LogP contribution in [0.3, 0.4) is 0 Å². The zero-order chi connectivity index (χ0) is 11.4. The van der Waals surface area contributed by atoms with E-state index < -0.39 is 0 Å². The molecular formula is C13H13N3. The Kier molecular flexibility index (Phi) is 3.04. The van der Waals surface area contributed by atoms with Crippen LogP contribution in [-0.4, -0.2) is 16.8 Å². The van der Waals surface area contributed by atoms with Gasteiger partial charge in [-0.15, -0.1) is 6.42 Å². The fourth-order valence-corrected chi connectivity index (χ4v) is 1.55. The minimum atomic E-state index is -0.0857. The zero-order valence-corrected chi connectivity index (χ0v) is 9.09. The van der Waals surface area contributed by atoms with Gasteiger partial charge in [0.1, 0.15) is 0 Å². The number of hydrogen-bond donors (Lipinski definition) is 1. The van der Waals surface area contributed by atoms with E-state index >= 15 is 0 Å². The second-order valence-electron chi connectivity index (χ2n) is 3.44. The topological polar surface area (TPSA) is 29.9 Å². The maximum Gasteiger partial charge on any atom is 0.0971 e. The largest absolute Gasteiger partial charge is 0.303 e. The Balaban J connectivity index is 2.30. The smallest absolute Gasteiger partial charge is 0.0971 e. The first-order chi connectivity index (χ1) is 7.85. The number of benzene rings is 1. The van der Waals surface area contributed by atoms with Crippen molar-refractivity contribution in [2.45, 2.75) is 6.04 Å². The molecule has 1 heterocycles. The Morgan fingerprint density at radius 2 is 2.12 bits per heavy atom. The SMILES string of the molecule is C#CC(NC)c1cnn(-c2ccccc2)c1. The molecule has 1 atom stereocenters. The first kappa shape index (κ1) is 10.5. The van der Waals surface area contributed by atoms with Crippen molar-refractivity contribution >= 4 is 0 Å². The number of hydrogen-bond acceptors (Lipinski definition) is 2. The average Bonchev–Trinajstić information content (AvgIpc) is 2.81. The molecule has 1 unspecified atom stereocenters. The van der Waals surface area contributed by atoms with Gasteiger partial charge < -0.3 is 5.32 Å². The molecular weight excluding hydrogens is 198 g/mol. The molecule has 0 aliphatic heterocycles. The minimum absolute atomic E-state index is 0.0857. The number of nitrogens with one attached hydrogen (secondary N) is 1. The molecule has 80 valence electrons. The van der Waals surface area contributed by atoms with Crippen LogP contribution in [0.5, 0.6) is 0 Å². The van der Waals surface area contributed by atoms with E-state index in [4.69, 9.17) is 6.42 Å². The van der Waals surface area contributed by atoms with E-state index in [0.29, 0.717) is 0 Å². The van der Waals surface area contributed by atoms with Crippen LogP contribution in [0.15, 0.2) is 42.7 Å². The highest BCUT2D eigenvalue weighted by Gasteiger charge is 2.08. The standard InChI is InChI=1S/C13H13N3/c1-3-13(14-2)11-9-15-16(10-11)12-7-5-4-6-8-12/h1,4-10,13-14H,2H3. The van der Waals surface area contributed by atoms with Crippen molar-refractivity contribution in [3.05, 3.63) is 48.3 Å². The summed E-state index contributed by atoms with van der Waals surface area (Å²) in [5.41, 5.74) is 2.02. The van der Waals surface area contributed by atoms with Crippen LogP contribution in [0.1, 0.15) is 11.6 Å². The van der Waals surface area contributed by atoms with Gasteiger partial charge in [0.05, 0.1) is 17.9 Å². The van der Waals surface area contributed by atoms with Gasteiger partial charge in [-0.2, -0.15) is 5.10 Å². The van der Waals surface area contributed by atoms with Crippen molar-refractivity contribution < 1.29 is 0 Å². The van der Waals surface area contributed by atoms with Crippen LogP contribution in [0, 0.1) is 12.3 Å². The second kappa shape index (κ2) is 4.65. The summed E-state index contributed by atoms with van der Waals surface area (Å²) >= 11 is 0. The highest BCUT2D eigenvalue weighted by molar-refractivity contribution is 5.32. The summed E-state index contributed by atoms with van der Waals surface area (Å²) in [6.07, 6.45) is 9.14. The predicted molar refractivity (Wildman–Crippen MR) is 64.2 cm³/mol. The lowest BCUT2D eigenvalue weighted by atomic mass is 10.2. The number of para-hydroxylation sites is 1. The molecule has 3 nitrogen and oxygen atoms in total. The van der Waals surface area contributed by atoms with Gasteiger partial charge in [0.15, 0.2) is 0 Å². The molecule has 0 aliphatic rings. The third kappa shape index (κ3) is 1.97. The summed E-state index contributed by atoms with van der Waals surface area (Å²) in [5.74, 6) is 2.67. The fraction of sp³-hybridized carbons (Fsp3) is 0.154. The highest BCUT2D eigenvalue weighted by Crippen LogP contribution is 2.13. The Morgan fingerprint density at radius 3 is 2.75 bits per heavy atom. The van der Waals surface area contributed by atoms with Gasteiger partial charge in [-0.25, -0.2) is 4.68 Å². The van der Waals surface area contributed by atoms with Gasteiger partial charge in [-0.3, -0.25) is 0 Å². The molecule has 1 aromatic carbocycles. The predicted octanol–water partition coefficient (Wildman–Crippen LogP) is 1.77. The molecule has 0 spiro atoms. The van der Waals surface area contributed by atoms with Gasteiger partial charge in [-0.1, -0.05) is 24.1 Å². The lowest BCUT2D eigenvalue weighted by Crippen LogP contribution is -2.13. The Bertz CT molecular complexity index is 493. The molecule has 0 radical (unpaired) electrons. The van der Waals surface area contributed by atoms with Crippen molar-refractivity contribution in [1.82, 2.24) is 15.1 Å². The zero-order valence-electron chi connectivity index (χ0n) is 9.09. The number of nitrogens with zero attached hydrogens (tertiary/aromatic N) is 2. The van der Waals surface area contributed by atoms with Crippen LogP contribution in [0.25, 0.3) is 5.69 Å². The van der Waals surface area contributed by atoms with Crippen LogP contribution >= 0.6 is 0 Å². The summed E-state index contributed by atoms with van der Waals surface area (Å²) in [7, 11) is 1.84. The molecule has 3 heteroatoms. The van der Waals surface area contributed by atoms with Gasteiger partial charge in [0.25, 0.3) is 0 Å². The van der Waals surface area contributed by atoms with Crippen LogP contribution in [-0.2, 0) is 0 Å². The molecule has 2 aromatic rings. The van der Waals surface area contributed by atoms with Crippen molar-refractivity contribution in [2.24, 2.45) is 0 Å². The summed E-state index contributed by atoms with van der Waals surface area (Å²) < 4.78 is 1.82. The maximum atomic E-state index is 5.41. The minimum Gasteiger partial charge on any atom is -0.303 e. The van der Waals surface area contributed by atoms with E-state index in [9.17, 15) is 0 Å². The van der Waals surface area contributed by atoms with Crippen LogP contribution in [0.2, 0.25) is 0 Å². The summed E-state index contributed by atoms with van der Waals surface area (Å²) in [6.45, 7) is 0. The van der Waals surface area contributed by atoms with E-state index in [1.165, 1.54) is 0 Å². The van der Waals surface area contributed by atoms with E-state index in [0.717, 1.165) is 11.3 Å². The monoisotopic (exact) mass is 211 g/mol. The highest BCUT2D eigenvalue weighted by atomic mass is 15.3. The molecule has 1 aromatic heterocycles. The summed E-state index contributed by atoms with van der Waals surface area (Å²) in [5, 5.41) is 7.33. The molecule has 16 heavy (non-hydrogen) atoms. The number of terminal acetylenes is 1. The first-order valence-corrected chi connectivity index (χ1v) is 5.08. The summed E-state index contributed by atoms with van der Waals surface area (Å²) in [4.78, 5) is 0. The Hall–Kier alpha value is -2.05. The lowest BCUT2D eigenvalue weighted by Gasteiger charge is -2.05. The first-order valence-electron chi connectivity index (χ1n) is 5.08. The molecule has 0 bridgehead atoms. The van der Waals surface area contributed by atoms with Gasteiger partial charge in [-0.05, 0) is 19.2 Å². The molecule has 2 rings (SSSR count). The molecule has 0 amide bonds. The molecule has 0 fully saturated rings. The lowest BCUT2D eigenvalue weighted by molar-refractivity contribution is 0.736. The number of aromatic nitrogens is 2. The number of rotatable bonds is 3. The Labute approximate surface area is 95.1 Å². The van der Waals surface area contributed by atoms with E-state index in [2.05, 4.69) is 16.3 Å². The Morgan fingerprint density at radius 1 is 1.38 bits per heavy atom. The normalized spacial score (nSPS) is 12.0. The molecule has 1 N–H and O–H groups in total. The van der Waals surface area contributed by atoms with Crippen molar-refractivity contribution in [1.29, 1.82) is 0 Å². The van der Waals surface area contributed by atoms with Crippen molar-refractivity contribution in [3.8, 4) is 18.0 Å². The second-order valence-corrected chi connectivity index (χ2v) is 3.44. The van der Waals surface area contributed by atoms with Crippen molar-refractivity contribution in [3.63, 3.8) is 0 Å².